The molecule has 0 aliphatic carbocycles. The largest absolute Gasteiger partial charge is 0.354 e. The Morgan fingerprint density at radius 2 is 2.12 bits per heavy atom. The van der Waals surface area contributed by atoms with E-state index in [9.17, 15) is 0 Å². The van der Waals surface area contributed by atoms with Gasteiger partial charge in [-0.25, -0.2) is 0 Å². The molecule has 26 heavy (non-hydrogen) atoms. The third-order valence-corrected chi connectivity index (χ3v) is 6.09. The molecule has 1 N–H and O–H groups in total. The molecule has 0 aromatic carbocycles. The predicted octanol–water partition coefficient (Wildman–Crippen LogP) is 2.30. The molecule has 6 nitrogen and oxygen atoms in total. The number of guanidine groups is 1. The van der Waals surface area contributed by atoms with E-state index in [4.69, 9.17) is 0 Å². The fraction of sp³-hybridized carbons (Fsp3) is 0.800. The van der Waals surface area contributed by atoms with E-state index in [-0.39, 0.29) is 5.54 Å². The highest BCUT2D eigenvalue weighted by Gasteiger charge is 2.32. The second-order valence-corrected chi connectivity index (χ2v) is 8.79. The number of rotatable bonds is 4. The third-order valence-electron chi connectivity index (χ3n) is 6.09. The molecule has 2 aliphatic rings. The summed E-state index contributed by atoms with van der Waals surface area (Å²) in [4.78, 5) is 9.60. The number of nitrogens with zero attached hydrogens (tertiary/aromatic N) is 5. The number of hydrogen-bond donors (Lipinski definition) is 1. The molecule has 2 unspecified atom stereocenters. The predicted molar refractivity (Wildman–Crippen MR) is 108 cm³/mol. The van der Waals surface area contributed by atoms with Gasteiger partial charge in [-0.1, -0.05) is 6.92 Å². The van der Waals surface area contributed by atoms with Crippen molar-refractivity contribution in [3.05, 3.63) is 18.0 Å². The fourth-order valence-electron chi connectivity index (χ4n) is 4.35. The van der Waals surface area contributed by atoms with Gasteiger partial charge in [-0.2, -0.15) is 5.10 Å². The number of likely N-dealkylation sites (tertiary alicyclic amines) is 2. The second kappa shape index (κ2) is 7.99. The number of aryl methyl sites for hydroxylation is 1. The lowest BCUT2D eigenvalue weighted by atomic mass is 9.93. The number of hydrogen-bond acceptors (Lipinski definition) is 3. The first-order chi connectivity index (χ1) is 12.4. The third kappa shape index (κ3) is 4.40. The van der Waals surface area contributed by atoms with Crippen molar-refractivity contribution in [3.63, 3.8) is 0 Å². The van der Waals surface area contributed by atoms with Crippen LogP contribution in [0.5, 0.6) is 0 Å². The summed E-state index contributed by atoms with van der Waals surface area (Å²) in [5, 5.41) is 7.98. The van der Waals surface area contributed by atoms with Crippen LogP contribution >= 0.6 is 0 Å². The van der Waals surface area contributed by atoms with Crippen LogP contribution < -0.4 is 5.32 Å². The molecule has 3 rings (SSSR count). The molecule has 3 heterocycles. The van der Waals surface area contributed by atoms with E-state index in [1.165, 1.54) is 37.9 Å². The monoisotopic (exact) mass is 360 g/mol. The molecule has 2 fully saturated rings. The first kappa shape index (κ1) is 19.2. The summed E-state index contributed by atoms with van der Waals surface area (Å²) in [5.74, 6) is 2.40. The lowest BCUT2D eigenvalue weighted by Gasteiger charge is -2.43. The van der Waals surface area contributed by atoms with Gasteiger partial charge in [-0.3, -0.25) is 14.6 Å². The first-order valence-electron chi connectivity index (χ1n) is 10.1. The normalized spacial score (nSPS) is 25.7. The topological polar surface area (TPSA) is 48.7 Å². The maximum atomic E-state index is 4.56. The summed E-state index contributed by atoms with van der Waals surface area (Å²) in [6.45, 7) is 12.5. The van der Waals surface area contributed by atoms with E-state index in [1.807, 2.05) is 25.0 Å². The van der Waals surface area contributed by atoms with Gasteiger partial charge >= 0.3 is 0 Å². The Kier molecular flexibility index (Phi) is 5.90. The maximum absolute atomic E-state index is 4.56. The summed E-state index contributed by atoms with van der Waals surface area (Å²) in [6, 6.07) is 0. The molecule has 0 bridgehead atoms. The number of aromatic nitrogens is 2. The van der Waals surface area contributed by atoms with Crippen molar-refractivity contribution in [2.24, 2.45) is 18.0 Å². The molecule has 0 saturated carbocycles. The van der Waals surface area contributed by atoms with Gasteiger partial charge in [0.1, 0.15) is 0 Å². The van der Waals surface area contributed by atoms with E-state index in [0.29, 0.717) is 5.92 Å². The number of nitrogens with one attached hydrogen (secondary N) is 1. The standard InChI is InChI=1S/C20H36N6/c1-16-7-6-9-26(12-16)20(2,3)15-22-19(21-4)25-10-8-17(14-25)18-11-23-24(5)13-18/h11,13,16-17H,6-10,12,14-15H2,1-5H3,(H,21,22). The van der Waals surface area contributed by atoms with Crippen molar-refractivity contribution in [3.8, 4) is 0 Å². The highest BCUT2D eigenvalue weighted by atomic mass is 15.3. The average Bonchev–Trinajstić information content (AvgIpc) is 3.24. The minimum absolute atomic E-state index is 0.146. The Morgan fingerprint density at radius 1 is 1.31 bits per heavy atom. The molecule has 0 spiro atoms. The van der Waals surface area contributed by atoms with Crippen LogP contribution in [0.25, 0.3) is 0 Å². The highest BCUT2D eigenvalue weighted by molar-refractivity contribution is 5.80. The second-order valence-electron chi connectivity index (χ2n) is 8.79. The SMILES string of the molecule is CN=C(NCC(C)(C)N1CCCC(C)C1)N1CCC(c2cnn(C)c2)C1. The molecular weight excluding hydrogens is 324 g/mol. The van der Waals surface area contributed by atoms with E-state index >= 15 is 0 Å². The zero-order chi connectivity index (χ0) is 18.7. The van der Waals surface area contributed by atoms with Crippen molar-refractivity contribution < 1.29 is 0 Å². The Bertz CT molecular complexity index is 620. The van der Waals surface area contributed by atoms with Gasteiger partial charge in [0, 0.05) is 57.9 Å². The Hall–Kier alpha value is -1.56. The molecule has 0 amide bonds. The molecule has 2 atom stereocenters. The lowest BCUT2D eigenvalue weighted by molar-refractivity contribution is 0.0736. The van der Waals surface area contributed by atoms with E-state index in [2.05, 4.69) is 52.2 Å². The summed E-state index contributed by atoms with van der Waals surface area (Å²) in [6.07, 6.45) is 8.00. The molecule has 2 saturated heterocycles. The van der Waals surface area contributed by atoms with Gasteiger partial charge in [-0.15, -0.1) is 0 Å². The van der Waals surface area contributed by atoms with Gasteiger partial charge in [0.05, 0.1) is 6.20 Å². The van der Waals surface area contributed by atoms with Crippen molar-refractivity contribution in [2.75, 3.05) is 39.8 Å². The van der Waals surface area contributed by atoms with Crippen LogP contribution in [0.4, 0.5) is 0 Å². The lowest BCUT2D eigenvalue weighted by Crippen LogP contribution is -2.56. The van der Waals surface area contributed by atoms with Crippen LogP contribution in [-0.2, 0) is 7.05 Å². The zero-order valence-corrected chi connectivity index (χ0v) is 17.2. The van der Waals surface area contributed by atoms with Gasteiger partial charge in [-0.05, 0) is 51.1 Å². The summed E-state index contributed by atoms with van der Waals surface area (Å²) in [5.41, 5.74) is 1.49. The van der Waals surface area contributed by atoms with Crippen LogP contribution in [-0.4, -0.2) is 70.9 Å². The van der Waals surface area contributed by atoms with E-state index < -0.39 is 0 Å². The maximum Gasteiger partial charge on any atom is 0.193 e. The summed E-state index contributed by atoms with van der Waals surface area (Å²) >= 11 is 0. The highest BCUT2D eigenvalue weighted by Crippen LogP contribution is 2.27. The van der Waals surface area contributed by atoms with Gasteiger partial charge in [0.2, 0.25) is 0 Å². The smallest absolute Gasteiger partial charge is 0.193 e. The van der Waals surface area contributed by atoms with Crippen LogP contribution in [0.1, 0.15) is 51.5 Å². The van der Waals surface area contributed by atoms with Crippen molar-refractivity contribution in [1.82, 2.24) is 24.9 Å². The molecule has 2 aliphatic heterocycles. The molecule has 6 heteroatoms. The van der Waals surface area contributed by atoms with Crippen molar-refractivity contribution in [1.29, 1.82) is 0 Å². The van der Waals surface area contributed by atoms with Crippen LogP contribution in [0.2, 0.25) is 0 Å². The molecule has 1 aromatic rings. The molecule has 146 valence electrons. The van der Waals surface area contributed by atoms with Crippen molar-refractivity contribution in [2.45, 2.75) is 51.5 Å². The van der Waals surface area contributed by atoms with Crippen LogP contribution in [0, 0.1) is 5.92 Å². The minimum Gasteiger partial charge on any atom is -0.354 e. The Balaban J connectivity index is 1.55. The fourth-order valence-corrected chi connectivity index (χ4v) is 4.35. The van der Waals surface area contributed by atoms with E-state index in [0.717, 1.165) is 31.5 Å². The quantitative estimate of drug-likeness (QED) is 0.661. The van der Waals surface area contributed by atoms with Gasteiger partial charge in [0.25, 0.3) is 0 Å². The number of piperidine rings is 1. The number of aliphatic imine (C=N–C) groups is 1. The molecular formula is C20H36N6. The van der Waals surface area contributed by atoms with E-state index in [1.54, 1.807) is 0 Å². The van der Waals surface area contributed by atoms with Crippen LogP contribution in [0.3, 0.4) is 0 Å². The molecule has 0 radical (unpaired) electrons. The zero-order valence-electron chi connectivity index (χ0n) is 17.2. The summed E-state index contributed by atoms with van der Waals surface area (Å²) in [7, 11) is 3.88. The Morgan fingerprint density at radius 3 is 2.77 bits per heavy atom. The van der Waals surface area contributed by atoms with Crippen LogP contribution in [0.15, 0.2) is 17.4 Å². The average molecular weight is 361 g/mol. The van der Waals surface area contributed by atoms with Gasteiger partial charge < -0.3 is 10.2 Å². The summed E-state index contributed by atoms with van der Waals surface area (Å²) < 4.78 is 1.90. The first-order valence-corrected chi connectivity index (χ1v) is 10.1. The van der Waals surface area contributed by atoms with Crippen molar-refractivity contribution >= 4 is 5.96 Å². The Labute approximate surface area is 158 Å². The molecule has 1 aromatic heterocycles. The minimum atomic E-state index is 0.146. The van der Waals surface area contributed by atoms with Gasteiger partial charge in [0.15, 0.2) is 5.96 Å².